The summed E-state index contributed by atoms with van der Waals surface area (Å²) >= 11 is 0. The Labute approximate surface area is 79.8 Å². The maximum absolute atomic E-state index is 11.7. The lowest BCUT2D eigenvalue weighted by Crippen LogP contribution is -2.03. The molecule has 1 fully saturated rings. The highest BCUT2D eigenvalue weighted by molar-refractivity contribution is 7.85. The number of hydrogen-bond acceptors (Lipinski definition) is 3. The number of aromatic nitrogens is 1. The van der Waals surface area contributed by atoms with E-state index in [0.717, 1.165) is 10.6 Å². The van der Waals surface area contributed by atoms with E-state index >= 15 is 0 Å². The van der Waals surface area contributed by atoms with Gasteiger partial charge >= 0.3 is 0 Å². The first-order valence-electron chi connectivity index (χ1n) is 4.35. The molecular formula is C9H12N2OS. The lowest BCUT2D eigenvalue weighted by molar-refractivity contribution is 0.680. The molecule has 1 heterocycles. The SMILES string of the molecule is Nc1cnccc1S(=O)CC1CC1. The van der Waals surface area contributed by atoms with Gasteiger partial charge in [0.25, 0.3) is 0 Å². The molecule has 0 amide bonds. The molecule has 1 aliphatic rings. The van der Waals surface area contributed by atoms with Crippen molar-refractivity contribution < 1.29 is 4.21 Å². The Morgan fingerprint density at radius 3 is 3.00 bits per heavy atom. The monoisotopic (exact) mass is 196 g/mol. The minimum absolute atomic E-state index is 0.543. The summed E-state index contributed by atoms with van der Waals surface area (Å²) in [4.78, 5) is 4.60. The Morgan fingerprint density at radius 2 is 2.38 bits per heavy atom. The molecule has 0 aromatic carbocycles. The average molecular weight is 196 g/mol. The van der Waals surface area contributed by atoms with E-state index in [1.807, 2.05) is 0 Å². The Hall–Kier alpha value is -0.900. The summed E-state index contributed by atoms with van der Waals surface area (Å²) in [6.45, 7) is 0. The van der Waals surface area contributed by atoms with E-state index in [1.54, 1.807) is 18.5 Å². The van der Waals surface area contributed by atoms with Crippen LogP contribution < -0.4 is 5.73 Å². The number of nitrogen functional groups attached to an aromatic ring is 1. The van der Waals surface area contributed by atoms with Crippen LogP contribution in [0.5, 0.6) is 0 Å². The van der Waals surface area contributed by atoms with Crippen LogP contribution in [0.3, 0.4) is 0 Å². The highest BCUT2D eigenvalue weighted by Gasteiger charge is 2.24. The third kappa shape index (κ3) is 2.06. The van der Waals surface area contributed by atoms with Crippen molar-refractivity contribution in [2.75, 3.05) is 11.5 Å². The fourth-order valence-electron chi connectivity index (χ4n) is 1.19. The summed E-state index contributed by atoms with van der Waals surface area (Å²) in [7, 11) is -0.928. The summed E-state index contributed by atoms with van der Waals surface area (Å²) in [6, 6.07) is 1.74. The van der Waals surface area contributed by atoms with Crippen LogP contribution >= 0.6 is 0 Å². The predicted molar refractivity (Wildman–Crippen MR) is 52.6 cm³/mol. The zero-order valence-electron chi connectivity index (χ0n) is 7.27. The fraction of sp³-hybridized carbons (Fsp3) is 0.444. The van der Waals surface area contributed by atoms with E-state index in [4.69, 9.17) is 5.73 Å². The molecule has 2 N–H and O–H groups in total. The van der Waals surface area contributed by atoms with Gasteiger partial charge in [-0.2, -0.15) is 0 Å². The van der Waals surface area contributed by atoms with Gasteiger partial charge in [0.15, 0.2) is 0 Å². The number of nitrogens with zero attached hydrogens (tertiary/aromatic N) is 1. The number of nitrogens with two attached hydrogens (primary N) is 1. The smallest absolute Gasteiger partial charge is 0.0664 e. The highest BCUT2D eigenvalue weighted by atomic mass is 32.2. The van der Waals surface area contributed by atoms with Gasteiger partial charge in [-0.3, -0.25) is 9.19 Å². The van der Waals surface area contributed by atoms with Crippen LogP contribution in [0.25, 0.3) is 0 Å². The Morgan fingerprint density at radius 1 is 1.62 bits per heavy atom. The maximum Gasteiger partial charge on any atom is 0.0664 e. The summed E-state index contributed by atoms with van der Waals surface area (Å²) in [5.41, 5.74) is 6.21. The number of rotatable bonds is 3. The van der Waals surface area contributed by atoms with Crippen molar-refractivity contribution in [2.45, 2.75) is 17.7 Å². The van der Waals surface area contributed by atoms with Gasteiger partial charge in [0, 0.05) is 11.9 Å². The van der Waals surface area contributed by atoms with Gasteiger partial charge < -0.3 is 5.73 Å². The third-order valence-electron chi connectivity index (χ3n) is 2.14. The van der Waals surface area contributed by atoms with Crippen molar-refractivity contribution in [3.8, 4) is 0 Å². The molecule has 0 radical (unpaired) electrons. The molecule has 1 aliphatic carbocycles. The van der Waals surface area contributed by atoms with Gasteiger partial charge in [-0.25, -0.2) is 0 Å². The molecule has 0 aliphatic heterocycles. The zero-order chi connectivity index (χ0) is 9.26. The van der Waals surface area contributed by atoms with E-state index < -0.39 is 10.8 Å². The van der Waals surface area contributed by atoms with Gasteiger partial charge in [-0.1, -0.05) is 0 Å². The van der Waals surface area contributed by atoms with Crippen LogP contribution in [0.1, 0.15) is 12.8 Å². The number of anilines is 1. The Balaban J connectivity index is 2.13. The molecular weight excluding hydrogens is 184 g/mol. The maximum atomic E-state index is 11.7. The molecule has 1 aromatic rings. The van der Waals surface area contributed by atoms with Crippen molar-refractivity contribution in [3.05, 3.63) is 18.5 Å². The molecule has 0 bridgehead atoms. The van der Waals surface area contributed by atoms with Crippen molar-refractivity contribution in [1.29, 1.82) is 0 Å². The summed E-state index contributed by atoms with van der Waals surface area (Å²) in [6.07, 6.45) is 5.63. The minimum Gasteiger partial charge on any atom is -0.396 e. The quantitative estimate of drug-likeness (QED) is 0.789. The summed E-state index contributed by atoms with van der Waals surface area (Å²) in [5, 5.41) is 0. The normalized spacial score (nSPS) is 18.5. The van der Waals surface area contributed by atoms with Crippen LogP contribution in [0, 0.1) is 5.92 Å². The molecule has 2 rings (SSSR count). The second kappa shape index (κ2) is 3.46. The van der Waals surface area contributed by atoms with Crippen molar-refractivity contribution in [3.63, 3.8) is 0 Å². The molecule has 1 atom stereocenters. The topological polar surface area (TPSA) is 56.0 Å². The van der Waals surface area contributed by atoms with Gasteiger partial charge in [-0.05, 0) is 24.8 Å². The van der Waals surface area contributed by atoms with E-state index in [9.17, 15) is 4.21 Å². The third-order valence-corrected chi connectivity index (χ3v) is 3.78. The van der Waals surface area contributed by atoms with Crippen molar-refractivity contribution in [2.24, 2.45) is 5.92 Å². The van der Waals surface area contributed by atoms with E-state index in [0.29, 0.717) is 11.6 Å². The summed E-state index contributed by atoms with van der Waals surface area (Å²) < 4.78 is 11.7. The van der Waals surface area contributed by atoms with Crippen LogP contribution in [0.4, 0.5) is 5.69 Å². The van der Waals surface area contributed by atoms with Gasteiger partial charge in [-0.15, -0.1) is 0 Å². The lowest BCUT2D eigenvalue weighted by Gasteiger charge is -2.03. The Bertz CT molecular complexity index is 336. The van der Waals surface area contributed by atoms with Gasteiger partial charge in [0.2, 0.25) is 0 Å². The molecule has 0 saturated heterocycles. The van der Waals surface area contributed by atoms with Gasteiger partial charge in [0.1, 0.15) is 0 Å². The molecule has 3 nitrogen and oxygen atoms in total. The molecule has 13 heavy (non-hydrogen) atoms. The molecule has 4 heteroatoms. The summed E-state index contributed by atoms with van der Waals surface area (Å²) in [5.74, 6) is 1.42. The second-order valence-electron chi connectivity index (χ2n) is 3.37. The number of hydrogen-bond donors (Lipinski definition) is 1. The molecule has 1 saturated carbocycles. The Kier molecular flexibility index (Phi) is 2.31. The average Bonchev–Trinajstić information content (AvgIpc) is 2.89. The standard InChI is InChI=1S/C9H12N2OS/c10-8-5-11-4-3-9(8)13(12)6-7-1-2-7/h3-5,7H,1-2,6,10H2. The van der Waals surface area contributed by atoms with E-state index in [-0.39, 0.29) is 0 Å². The van der Waals surface area contributed by atoms with Crippen LogP contribution in [0.15, 0.2) is 23.4 Å². The van der Waals surface area contributed by atoms with Crippen LogP contribution in [0.2, 0.25) is 0 Å². The first-order chi connectivity index (χ1) is 6.27. The zero-order valence-corrected chi connectivity index (χ0v) is 8.09. The second-order valence-corrected chi connectivity index (χ2v) is 4.83. The molecule has 1 aromatic heterocycles. The van der Waals surface area contributed by atoms with Crippen molar-refractivity contribution >= 4 is 16.5 Å². The lowest BCUT2D eigenvalue weighted by atomic mass is 10.4. The van der Waals surface area contributed by atoms with Gasteiger partial charge in [0.05, 0.1) is 27.6 Å². The highest BCUT2D eigenvalue weighted by Crippen LogP contribution is 2.31. The van der Waals surface area contributed by atoms with Crippen LogP contribution in [-0.2, 0) is 10.8 Å². The first kappa shape index (κ1) is 8.69. The van der Waals surface area contributed by atoms with E-state index in [2.05, 4.69) is 4.98 Å². The predicted octanol–water partition coefficient (Wildman–Crippen LogP) is 1.18. The largest absolute Gasteiger partial charge is 0.396 e. The fourth-order valence-corrected chi connectivity index (χ4v) is 2.66. The molecule has 1 unspecified atom stereocenters. The van der Waals surface area contributed by atoms with Crippen molar-refractivity contribution in [1.82, 2.24) is 4.98 Å². The molecule has 70 valence electrons. The molecule has 0 spiro atoms. The van der Waals surface area contributed by atoms with Crippen LogP contribution in [-0.4, -0.2) is 14.9 Å². The number of pyridine rings is 1. The van der Waals surface area contributed by atoms with E-state index in [1.165, 1.54) is 12.8 Å². The minimum atomic E-state index is -0.928. The first-order valence-corrected chi connectivity index (χ1v) is 5.67.